The Bertz CT molecular complexity index is 797. The highest BCUT2D eigenvalue weighted by molar-refractivity contribution is 6.28. The number of ketones is 1. The first-order valence-electron chi connectivity index (χ1n) is 6.34. The molecule has 0 aliphatic carbocycles. The summed E-state index contributed by atoms with van der Waals surface area (Å²) in [5, 5.41) is 3.33. The number of carbonyl (C=O) groups excluding carboxylic acids is 1. The zero-order valence-electron chi connectivity index (χ0n) is 11.2. The summed E-state index contributed by atoms with van der Waals surface area (Å²) in [5.74, 6) is 0.648. The molecule has 21 heavy (non-hydrogen) atoms. The van der Waals surface area contributed by atoms with Crippen molar-refractivity contribution in [3.8, 4) is 0 Å². The molecule has 0 spiro atoms. The fraction of sp³-hybridized carbons (Fsp3) is 0.143. The van der Waals surface area contributed by atoms with Gasteiger partial charge in [-0.1, -0.05) is 24.3 Å². The molecular formula is C14H12ClN5O. The summed E-state index contributed by atoms with van der Waals surface area (Å²) in [6.45, 7) is 2.10. The second-order valence-corrected chi connectivity index (χ2v) is 4.89. The molecule has 0 fully saturated rings. The van der Waals surface area contributed by atoms with Crippen LogP contribution in [0.4, 0.5) is 5.82 Å². The first-order valence-corrected chi connectivity index (χ1v) is 6.71. The number of rotatable bonds is 4. The van der Waals surface area contributed by atoms with Gasteiger partial charge in [-0.3, -0.25) is 4.79 Å². The van der Waals surface area contributed by atoms with Crippen molar-refractivity contribution in [2.75, 3.05) is 5.32 Å². The van der Waals surface area contributed by atoms with E-state index in [-0.39, 0.29) is 11.1 Å². The number of halogens is 1. The van der Waals surface area contributed by atoms with Gasteiger partial charge in [-0.25, -0.2) is 4.98 Å². The van der Waals surface area contributed by atoms with Crippen LogP contribution in [0.2, 0.25) is 5.28 Å². The topological polar surface area (TPSA) is 83.6 Å². The predicted molar refractivity (Wildman–Crippen MR) is 80.5 cm³/mol. The Morgan fingerprint density at radius 3 is 2.76 bits per heavy atom. The number of benzene rings is 1. The van der Waals surface area contributed by atoms with Crippen molar-refractivity contribution in [1.82, 2.24) is 19.9 Å². The molecule has 0 bridgehead atoms. The van der Waals surface area contributed by atoms with Crippen LogP contribution in [0.15, 0.2) is 30.6 Å². The van der Waals surface area contributed by atoms with E-state index in [0.29, 0.717) is 29.1 Å². The number of nitrogens with one attached hydrogen (secondary N) is 2. The molecule has 7 heteroatoms. The highest BCUT2D eigenvalue weighted by atomic mass is 35.5. The Hall–Kier alpha value is -2.47. The van der Waals surface area contributed by atoms with Crippen LogP contribution in [0, 0.1) is 0 Å². The predicted octanol–water partition coefficient (Wildman–Crippen LogP) is 2.82. The van der Waals surface area contributed by atoms with E-state index < -0.39 is 0 Å². The number of aromatic amines is 1. The molecule has 0 unspecified atom stereocenters. The molecule has 3 aromatic rings. The summed E-state index contributed by atoms with van der Waals surface area (Å²) in [4.78, 5) is 26.4. The maximum absolute atomic E-state index is 11.2. The van der Waals surface area contributed by atoms with Crippen LogP contribution in [0.25, 0.3) is 11.2 Å². The second kappa shape index (κ2) is 5.49. The van der Waals surface area contributed by atoms with Gasteiger partial charge in [0.1, 0.15) is 5.52 Å². The van der Waals surface area contributed by atoms with Gasteiger partial charge in [0, 0.05) is 12.1 Å². The molecule has 0 amide bonds. The Labute approximate surface area is 125 Å². The van der Waals surface area contributed by atoms with Crippen molar-refractivity contribution in [3.63, 3.8) is 0 Å². The third kappa shape index (κ3) is 2.85. The van der Waals surface area contributed by atoms with Crippen molar-refractivity contribution in [1.29, 1.82) is 0 Å². The zero-order chi connectivity index (χ0) is 14.8. The van der Waals surface area contributed by atoms with E-state index in [1.807, 2.05) is 12.1 Å². The smallest absolute Gasteiger partial charge is 0.226 e. The quantitative estimate of drug-likeness (QED) is 0.572. The van der Waals surface area contributed by atoms with Crippen molar-refractivity contribution in [2.24, 2.45) is 0 Å². The van der Waals surface area contributed by atoms with Crippen molar-refractivity contribution in [2.45, 2.75) is 13.5 Å². The van der Waals surface area contributed by atoms with E-state index in [0.717, 1.165) is 5.56 Å². The molecule has 0 radical (unpaired) electrons. The van der Waals surface area contributed by atoms with Gasteiger partial charge in [-0.05, 0) is 24.1 Å². The summed E-state index contributed by atoms with van der Waals surface area (Å²) < 4.78 is 0. The number of carbonyl (C=O) groups is 1. The van der Waals surface area contributed by atoms with Crippen LogP contribution >= 0.6 is 11.6 Å². The van der Waals surface area contributed by atoms with Crippen LogP contribution in [-0.2, 0) is 6.54 Å². The Balaban J connectivity index is 1.80. The van der Waals surface area contributed by atoms with Gasteiger partial charge in [0.15, 0.2) is 17.2 Å². The molecular weight excluding hydrogens is 290 g/mol. The first kappa shape index (κ1) is 13.5. The SMILES string of the molecule is CC(=O)c1ccc(CNc2nc(Cl)nc3nc[nH]c23)cc1. The maximum atomic E-state index is 11.2. The minimum atomic E-state index is 0.0521. The molecule has 0 saturated carbocycles. The van der Waals surface area contributed by atoms with E-state index in [2.05, 4.69) is 25.3 Å². The molecule has 2 heterocycles. The Kier molecular flexibility index (Phi) is 3.53. The van der Waals surface area contributed by atoms with Crippen LogP contribution in [-0.4, -0.2) is 25.7 Å². The molecule has 0 atom stereocenters. The monoisotopic (exact) mass is 301 g/mol. The average Bonchev–Trinajstić information content (AvgIpc) is 2.93. The van der Waals surface area contributed by atoms with Crippen LogP contribution in [0.3, 0.4) is 0 Å². The van der Waals surface area contributed by atoms with Crippen molar-refractivity contribution < 1.29 is 4.79 Å². The second-order valence-electron chi connectivity index (χ2n) is 4.55. The third-order valence-electron chi connectivity index (χ3n) is 3.08. The minimum Gasteiger partial charge on any atom is -0.364 e. The van der Waals surface area contributed by atoms with Crippen LogP contribution in [0.5, 0.6) is 0 Å². The maximum Gasteiger partial charge on any atom is 0.226 e. The number of fused-ring (bicyclic) bond motifs is 1. The lowest BCUT2D eigenvalue weighted by Crippen LogP contribution is -2.03. The van der Waals surface area contributed by atoms with Gasteiger partial charge in [0.25, 0.3) is 0 Å². The van der Waals surface area contributed by atoms with E-state index in [1.54, 1.807) is 25.4 Å². The molecule has 0 aliphatic heterocycles. The molecule has 106 valence electrons. The van der Waals surface area contributed by atoms with Gasteiger partial charge in [0.05, 0.1) is 6.33 Å². The third-order valence-corrected chi connectivity index (χ3v) is 3.25. The largest absolute Gasteiger partial charge is 0.364 e. The van der Waals surface area contributed by atoms with E-state index >= 15 is 0 Å². The summed E-state index contributed by atoms with van der Waals surface area (Å²) >= 11 is 5.86. The number of imidazole rings is 1. The molecule has 0 aliphatic rings. The van der Waals surface area contributed by atoms with E-state index in [4.69, 9.17) is 11.6 Å². The Morgan fingerprint density at radius 2 is 2.05 bits per heavy atom. The zero-order valence-corrected chi connectivity index (χ0v) is 12.0. The summed E-state index contributed by atoms with van der Waals surface area (Å²) in [6.07, 6.45) is 1.54. The van der Waals surface area contributed by atoms with Gasteiger partial charge >= 0.3 is 0 Å². The lowest BCUT2D eigenvalue weighted by Gasteiger charge is -2.07. The first-order chi connectivity index (χ1) is 10.1. The minimum absolute atomic E-state index is 0.0521. The molecule has 0 saturated heterocycles. The number of nitrogens with zero attached hydrogens (tertiary/aromatic N) is 3. The van der Waals surface area contributed by atoms with E-state index in [1.165, 1.54) is 0 Å². The standard InChI is InChI=1S/C14H12ClN5O/c1-8(21)10-4-2-9(3-5-10)6-16-12-11-13(18-7-17-11)20-14(15)19-12/h2-5,7H,6H2,1H3,(H2,16,17,18,19,20). The number of Topliss-reactive ketones (excluding diaryl/α,β-unsaturated/α-hetero) is 1. The van der Waals surface area contributed by atoms with Gasteiger partial charge in [0.2, 0.25) is 5.28 Å². The average molecular weight is 302 g/mol. The summed E-state index contributed by atoms with van der Waals surface area (Å²) in [5.41, 5.74) is 2.95. The normalized spacial score (nSPS) is 10.8. The van der Waals surface area contributed by atoms with Crippen LogP contribution < -0.4 is 5.32 Å². The number of hydrogen-bond acceptors (Lipinski definition) is 5. The number of anilines is 1. The molecule has 1 aromatic carbocycles. The fourth-order valence-corrected chi connectivity index (χ4v) is 2.14. The van der Waals surface area contributed by atoms with Gasteiger partial charge in [-0.2, -0.15) is 9.97 Å². The molecule has 2 N–H and O–H groups in total. The Morgan fingerprint density at radius 1 is 1.29 bits per heavy atom. The summed E-state index contributed by atoms with van der Waals surface area (Å²) in [7, 11) is 0. The lowest BCUT2D eigenvalue weighted by molar-refractivity contribution is 0.101. The van der Waals surface area contributed by atoms with Crippen molar-refractivity contribution >= 4 is 34.4 Å². The number of H-pyrrole nitrogens is 1. The molecule has 3 rings (SSSR count). The van der Waals surface area contributed by atoms with Gasteiger partial charge in [-0.15, -0.1) is 0 Å². The lowest BCUT2D eigenvalue weighted by atomic mass is 10.1. The molecule has 6 nitrogen and oxygen atoms in total. The number of aromatic nitrogens is 4. The fourth-order valence-electron chi connectivity index (χ4n) is 1.98. The van der Waals surface area contributed by atoms with Crippen LogP contribution in [0.1, 0.15) is 22.8 Å². The summed E-state index contributed by atoms with van der Waals surface area (Å²) in [6, 6.07) is 7.41. The van der Waals surface area contributed by atoms with Gasteiger partial charge < -0.3 is 10.3 Å². The van der Waals surface area contributed by atoms with E-state index in [9.17, 15) is 4.79 Å². The molecule has 2 aromatic heterocycles. The van der Waals surface area contributed by atoms with Crippen molar-refractivity contribution in [3.05, 3.63) is 47.0 Å². The highest BCUT2D eigenvalue weighted by Gasteiger charge is 2.08. The number of hydrogen-bond donors (Lipinski definition) is 2. The highest BCUT2D eigenvalue weighted by Crippen LogP contribution is 2.19.